The fourth-order valence-corrected chi connectivity index (χ4v) is 1.68. The Morgan fingerprint density at radius 1 is 1.43 bits per heavy atom. The summed E-state index contributed by atoms with van der Waals surface area (Å²) in [5, 5.41) is 9.02. The largest absolute Gasteiger partial charge is 0.481 e. The number of carboxylic acids is 1. The number of aliphatic carboxylic acids is 1. The van der Waals surface area contributed by atoms with Gasteiger partial charge in [0.25, 0.3) is 0 Å². The van der Waals surface area contributed by atoms with Crippen molar-refractivity contribution in [3.05, 3.63) is 34.3 Å². The van der Waals surface area contributed by atoms with E-state index in [1.165, 1.54) is 0 Å². The molecule has 0 saturated heterocycles. The first kappa shape index (κ1) is 11.2. The zero-order valence-corrected chi connectivity index (χ0v) is 9.62. The first-order chi connectivity index (χ1) is 6.65. The predicted molar refractivity (Wildman–Crippen MR) is 59.4 cm³/mol. The summed E-state index contributed by atoms with van der Waals surface area (Å²) in [7, 11) is 0. The van der Waals surface area contributed by atoms with Gasteiger partial charge in [-0.15, -0.1) is 0 Å². The molecule has 0 aliphatic rings. The van der Waals surface area contributed by atoms with Crippen molar-refractivity contribution in [1.82, 2.24) is 0 Å². The number of halogens is 1. The van der Waals surface area contributed by atoms with E-state index in [2.05, 4.69) is 15.9 Å². The van der Waals surface area contributed by atoms with Gasteiger partial charge in [-0.1, -0.05) is 41.4 Å². The molecule has 0 aliphatic carbocycles. The van der Waals surface area contributed by atoms with E-state index in [0.717, 1.165) is 16.5 Å². The Balaban J connectivity index is 2.87. The molecule has 0 amide bonds. The molecular formula is C11H13BrO2. The monoisotopic (exact) mass is 256 g/mol. The van der Waals surface area contributed by atoms with Gasteiger partial charge in [-0.3, -0.25) is 4.79 Å². The van der Waals surface area contributed by atoms with Crippen LogP contribution in [0.25, 0.3) is 0 Å². The third kappa shape index (κ3) is 2.84. The Morgan fingerprint density at radius 3 is 2.43 bits per heavy atom. The van der Waals surface area contributed by atoms with Crippen molar-refractivity contribution in [3.63, 3.8) is 0 Å². The van der Waals surface area contributed by atoms with Gasteiger partial charge in [0.05, 0.1) is 5.92 Å². The minimum absolute atomic E-state index is 0.368. The molecule has 14 heavy (non-hydrogen) atoms. The topological polar surface area (TPSA) is 37.3 Å². The fraction of sp³-hybridized carbons (Fsp3) is 0.364. The minimum Gasteiger partial charge on any atom is -0.481 e. The van der Waals surface area contributed by atoms with Crippen LogP contribution >= 0.6 is 15.9 Å². The fourth-order valence-electron chi connectivity index (χ4n) is 1.42. The van der Waals surface area contributed by atoms with Gasteiger partial charge in [0.1, 0.15) is 0 Å². The number of carbonyl (C=O) groups is 1. The van der Waals surface area contributed by atoms with Crippen LogP contribution in [0, 0.1) is 0 Å². The SMILES string of the molecule is CCC[C@@H](C(=O)O)c1ccc(Br)cc1. The summed E-state index contributed by atoms with van der Waals surface area (Å²) >= 11 is 3.32. The van der Waals surface area contributed by atoms with E-state index in [1.54, 1.807) is 0 Å². The van der Waals surface area contributed by atoms with E-state index < -0.39 is 5.97 Å². The van der Waals surface area contributed by atoms with Gasteiger partial charge < -0.3 is 5.11 Å². The Kier molecular flexibility index (Phi) is 4.14. The number of benzene rings is 1. The summed E-state index contributed by atoms with van der Waals surface area (Å²) in [6.07, 6.45) is 1.57. The first-order valence-corrected chi connectivity index (χ1v) is 5.42. The lowest BCUT2D eigenvalue weighted by Gasteiger charge is -2.11. The quantitative estimate of drug-likeness (QED) is 0.897. The van der Waals surface area contributed by atoms with Gasteiger partial charge in [0.15, 0.2) is 0 Å². The van der Waals surface area contributed by atoms with Crippen LogP contribution in [-0.4, -0.2) is 11.1 Å². The van der Waals surface area contributed by atoms with E-state index in [1.807, 2.05) is 31.2 Å². The molecule has 1 atom stereocenters. The second-order valence-corrected chi connectivity index (χ2v) is 4.15. The lowest BCUT2D eigenvalue weighted by atomic mass is 9.95. The Hall–Kier alpha value is -0.830. The predicted octanol–water partition coefficient (Wildman–Crippen LogP) is 3.42. The summed E-state index contributed by atoms with van der Waals surface area (Å²) in [5.74, 6) is -1.11. The maximum atomic E-state index is 11.0. The lowest BCUT2D eigenvalue weighted by molar-refractivity contribution is -0.139. The Labute approximate surface area is 92.1 Å². The lowest BCUT2D eigenvalue weighted by Crippen LogP contribution is -2.11. The summed E-state index contributed by atoms with van der Waals surface area (Å²) in [5.41, 5.74) is 0.877. The summed E-state index contributed by atoms with van der Waals surface area (Å²) < 4.78 is 0.974. The molecule has 0 unspecified atom stereocenters. The third-order valence-electron chi connectivity index (χ3n) is 2.15. The number of hydrogen-bond acceptors (Lipinski definition) is 1. The molecule has 0 aromatic heterocycles. The Bertz CT molecular complexity index is 306. The van der Waals surface area contributed by atoms with Crippen LogP contribution in [-0.2, 0) is 4.79 Å². The second kappa shape index (κ2) is 5.15. The van der Waals surface area contributed by atoms with E-state index in [0.29, 0.717) is 6.42 Å². The van der Waals surface area contributed by atoms with Gasteiger partial charge in [-0.05, 0) is 24.1 Å². The molecule has 0 aliphatic heterocycles. The number of carboxylic acid groups (broad SMARTS) is 1. The van der Waals surface area contributed by atoms with Crippen molar-refractivity contribution in [2.24, 2.45) is 0 Å². The van der Waals surface area contributed by atoms with Gasteiger partial charge in [-0.2, -0.15) is 0 Å². The van der Waals surface area contributed by atoms with Crippen LogP contribution in [0.2, 0.25) is 0 Å². The van der Waals surface area contributed by atoms with E-state index >= 15 is 0 Å². The molecule has 1 N–H and O–H groups in total. The van der Waals surface area contributed by atoms with Gasteiger partial charge in [-0.25, -0.2) is 0 Å². The van der Waals surface area contributed by atoms with Crippen molar-refractivity contribution in [2.75, 3.05) is 0 Å². The van der Waals surface area contributed by atoms with Gasteiger partial charge in [0.2, 0.25) is 0 Å². The summed E-state index contributed by atoms with van der Waals surface area (Å²) in [6.45, 7) is 1.99. The van der Waals surface area contributed by atoms with Crippen LogP contribution < -0.4 is 0 Å². The average Bonchev–Trinajstić information content (AvgIpc) is 2.15. The molecule has 1 rings (SSSR count). The molecule has 0 fully saturated rings. The van der Waals surface area contributed by atoms with Crippen molar-refractivity contribution in [1.29, 1.82) is 0 Å². The molecule has 1 aromatic carbocycles. The highest BCUT2D eigenvalue weighted by molar-refractivity contribution is 9.10. The minimum atomic E-state index is -0.742. The van der Waals surface area contributed by atoms with Crippen molar-refractivity contribution < 1.29 is 9.90 Å². The van der Waals surface area contributed by atoms with E-state index in [-0.39, 0.29) is 5.92 Å². The van der Waals surface area contributed by atoms with Crippen molar-refractivity contribution >= 4 is 21.9 Å². The van der Waals surface area contributed by atoms with Crippen LogP contribution in [0.4, 0.5) is 0 Å². The van der Waals surface area contributed by atoms with Crippen LogP contribution in [0.5, 0.6) is 0 Å². The highest BCUT2D eigenvalue weighted by Gasteiger charge is 2.17. The van der Waals surface area contributed by atoms with Crippen molar-refractivity contribution in [2.45, 2.75) is 25.7 Å². The molecule has 0 radical (unpaired) electrons. The summed E-state index contributed by atoms with van der Waals surface area (Å²) in [6, 6.07) is 7.47. The van der Waals surface area contributed by atoms with Crippen LogP contribution in [0.1, 0.15) is 31.2 Å². The third-order valence-corrected chi connectivity index (χ3v) is 2.68. The van der Waals surface area contributed by atoms with Gasteiger partial charge >= 0.3 is 5.97 Å². The van der Waals surface area contributed by atoms with Crippen molar-refractivity contribution in [3.8, 4) is 0 Å². The molecule has 0 spiro atoms. The standard InChI is InChI=1S/C11H13BrO2/c1-2-3-10(11(13)14)8-4-6-9(12)7-5-8/h4-7,10H,2-3H2,1H3,(H,13,14)/t10-/m1/s1. The summed E-state index contributed by atoms with van der Waals surface area (Å²) in [4.78, 5) is 11.0. The second-order valence-electron chi connectivity index (χ2n) is 3.23. The van der Waals surface area contributed by atoms with E-state index in [9.17, 15) is 4.79 Å². The van der Waals surface area contributed by atoms with Crippen LogP contribution in [0.3, 0.4) is 0 Å². The zero-order valence-electron chi connectivity index (χ0n) is 8.03. The Morgan fingerprint density at radius 2 is 2.00 bits per heavy atom. The molecular weight excluding hydrogens is 244 g/mol. The maximum absolute atomic E-state index is 11.0. The smallest absolute Gasteiger partial charge is 0.310 e. The number of hydrogen-bond donors (Lipinski definition) is 1. The highest BCUT2D eigenvalue weighted by atomic mass is 79.9. The normalized spacial score (nSPS) is 12.4. The molecule has 0 bridgehead atoms. The van der Waals surface area contributed by atoms with Gasteiger partial charge in [0, 0.05) is 4.47 Å². The highest BCUT2D eigenvalue weighted by Crippen LogP contribution is 2.23. The average molecular weight is 257 g/mol. The first-order valence-electron chi connectivity index (χ1n) is 4.63. The van der Waals surface area contributed by atoms with E-state index in [4.69, 9.17) is 5.11 Å². The molecule has 0 heterocycles. The molecule has 3 heteroatoms. The molecule has 76 valence electrons. The number of rotatable bonds is 4. The zero-order chi connectivity index (χ0) is 10.6. The molecule has 0 saturated carbocycles. The maximum Gasteiger partial charge on any atom is 0.310 e. The molecule has 1 aromatic rings. The van der Waals surface area contributed by atoms with Crippen LogP contribution in [0.15, 0.2) is 28.7 Å². The molecule has 2 nitrogen and oxygen atoms in total.